The fourth-order valence-electron chi connectivity index (χ4n) is 2.47. The van der Waals surface area contributed by atoms with Crippen LogP contribution in [0.15, 0.2) is 24.3 Å². The predicted octanol–water partition coefficient (Wildman–Crippen LogP) is 2.96. The molecule has 0 bridgehead atoms. The first-order chi connectivity index (χ1) is 9.50. The van der Waals surface area contributed by atoms with Gasteiger partial charge in [0.25, 0.3) is 5.92 Å². The van der Waals surface area contributed by atoms with Crippen molar-refractivity contribution in [3.8, 4) is 5.75 Å². The number of ether oxygens (including phenoxy) is 1. The zero-order valence-corrected chi connectivity index (χ0v) is 11.7. The number of alkyl halides is 2. The Hall–Kier alpha value is -1.65. The van der Waals surface area contributed by atoms with Crippen LogP contribution in [0, 0.1) is 5.92 Å². The Labute approximate surface area is 117 Å². The predicted molar refractivity (Wildman–Crippen MR) is 72.1 cm³/mol. The Morgan fingerprint density at radius 3 is 2.85 bits per heavy atom. The molecule has 1 aliphatic carbocycles. The van der Waals surface area contributed by atoms with E-state index in [-0.39, 0.29) is 12.5 Å². The molecule has 0 saturated heterocycles. The van der Waals surface area contributed by atoms with Crippen LogP contribution in [-0.4, -0.2) is 25.5 Å². The van der Waals surface area contributed by atoms with Crippen LogP contribution >= 0.6 is 0 Å². The maximum Gasteiger partial charge on any atom is 0.260 e. The number of nitrogens with one attached hydrogen (secondary N) is 1. The summed E-state index contributed by atoms with van der Waals surface area (Å²) in [6.07, 6.45) is 1.09. The summed E-state index contributed by atoms with van der Waals surface area (Å²) in [6, 6.07) is 6.73. The smallest absolute Gasteiger partial charge is 0.260 e. The summed E-state index contributed by atoms with van der Waals surface area (Å²) < 4.78 is 32.7. The van der Waals surface area contributed by atoms with Gasteiger partial charge >= 0.3 is 0 Å². The maximum absolute atomic E-state index is 13.8. The van der Waals surface area contributed by atoms with Crippen LogP contribution in [0.4, 0.5) is 8.78 Å². The molecule has 0 heterocycles. The summed E-state index contributed by atoms with van der Waals surface area (Å²) in [7, 11) is 1.51. The number of hydrogen-bond acceptors (Lipinski definition) is 2. The quantitative estimate of drug-likeness (QED) is 0.871. The van der Waals surface area contributed by atoms with E-state index in [9.17, 15) is 13.6 Å². The summed E-state index contributed by atoms with van der Waals surface area (Å²) in [4.78, 5) is 11.4. The molecule has 0 unspecified atom stereocenters. The maximum atomic E-state index is 13.8. The molecule has 2 rings (SSSR count). The molecule has 1 fully saturated rings. The number of methoxy groups -OCH3 is 1. The van der Waals surface area contributed by atoms with Crippen LogP contribution in [0.3, 0.4) is 0 Å². The molecule has 110 valence electrons. The van der Waals surface area contributed by atoms with Gasteiger partial charge < -0.3 is 10.1 Å². The van der Waals surface area contributed by atoms with Crippen LogP contribution in [0.5, 0.6) is 5.75 Å². The minimum atomic E-state index is -2.76. The first-order valence-electron chi connectivity index (χ1n) is 6.79. The summed E-state index contributed by atoms with van der Waals surface area (Å²) in [5.74, 6) is -4.01. The van der Waals surface area contributed by atoms with Gasteiger partial charge in [-0.15, -0.1) is 0 Å². The van der Waals surface area contributed by atoms with Gasteiger partial charge in [0.1, 0.15) is 5.75 Å². The molecule has 5 heteroatoms. The average molecular weight is 283 g/mol. The van der Waals surface area contributed by atoms with Crippen molar-refractivity contribution in [2.75, 3.05) is 13.7 Å². The number of amides is 1. The van der Waals surface area contributed by atoms with Gasteiger partial charge in [-0.3, -0.25) is 4.79 Å². The second-order valence-electron chi connectivity index (χ2n) is 5.09. The Morgan fingerprint density at radius 1 is 1.45 bits per heavy atom. The zero-order valence-electron chi connectivity index (χ0n) is 11.7. The SMILES string of the molecule is CCCC(=O)NC[C@H]1[C@H](c2cccc(OC)c2)C1(F)F. The molecule has 1 aromatic rings. The highest BCUT2D eigenvalue weighted by Crippen LogP contribution is 2.61. The standard InChI is InChI=1S/C15H19F2NO2/c1-3-5-13(19)18-9-12-14(15(12,16)17)10-6-4-7-11(8-10)20-2/h4,6-8,12,14H,3,5,9H2,1-2H3,(H,18,19)/t12-,14-/m0/s1. The molecule has 0 aromatic heterocycles. The van der Waals surface area contributed by atoms with E-state index in [1.165, 1.54) is 7.11 Å². The largest absolute Gasteiger partial charge is 0.497 e. The molecular weight excluding hydrogens is 264 g/mol. The monoisotopic (exact) mass is 283 g/mol. The molecule has 1 saturated carbocycles. The van der Waals surface area contributed by atoms with E-state index < -0.39 is 17.8 Å². The van der Waals surface area contributed by atoms with Crippen molar-refractivity contribution in [2.45, 2.75) is 31.6 Å². The molecular formula is C15H19F2NO2. The van der Waals surface area contributed by atoms with E-state index in [2.05, 4.69) is 5.32 Å². The van der Waals surface area contributed by atoms with Gasteiger partial charge in [-0.1, -0.05) is 19.1 Å². The number of carbonyl (C=O) groups is 1. The van der Waals surface area contributed by atoms with Crippen molar-refractivity contribution >= 4 is 5.91 Å². The lowest BCUT2D eigenvalue weighted by atomic mass is 10.1. The summed E-state index contributed by atoms with van der Waals surface area (Å²) in [5.41, 5.74) is 0.559. The summed E-state index contributed by atoms with van der Waals surface area (Å²) in [5, 5.41) is 2.58. The molecule has 0 radical (unpaired) electrons. The molecule has 0 aliphatic heterocycles. The Kier molecular flexibility index (Phi) is 4.26. The highest BCUT2D eigenvalue weighted by atomic mass is 19.3. The van der Waals surface area contributed by atoms with Crippen LogP contribution in [0.2, 0.25) is 0 Å². The van der Waals surface area contributed by atoms with Crippen molar-refractivity contribution in [1.82, 2.24) is 5.32 Å². The van der Waals surface area contributed by atoms with Crippen LogP contribution in [0.1, 0.15) is 31.2 Å². The van der Waals surface area contributed by atoms with Gasteiger partial charge in [0, 0.05) is 13.0 Å². The van der Waals surface area contributed by atoms with E-state index in [0.717, 1.165) is 0 Å². The van der Waals surface area contributed by atoms with E-state index >= 15 is 0 Å². The lowest BCUT2D eigenvalue weighted by Gasteiger charge is -2.04. The third-order valence-electron chi connectivity index (χ3n) is 3.65. The molecule has 1 amide bonds. The van der Waals surface area contributed by atoms with Crippen molar-refractivity contribution in [1.29, 1.82) is 0 Å². The second kappa shape index (κ2) is 5.77. The van der Waals surface area contributed by atoms with Crippen LogP contribution in [-0.2, 0) is 4.79 Å². The normalized spacial score (nSPS) is 23.2. The van der Waals surface area contributed by atoms with Crippen molar-refractivity contribution in [3.05, 3.63) is 29.8 Å². The van der Waals surface area contributed by atoms with Crippen molar-refractivity contribution in [2.24, 2.45) is 5.92 Å². The molecule has 20 heavy (non-hydrogen) atoms. The van der Waals surface area contributed by atoms with E-state index in [1.54, 1.807) is 24.3 Å². The van der Waals surface area contributed by atoms with Crippen LogP contribution in [0.25, 0.3) is 0 Å². The average Bonchev–Trinajstić information content (AvgIpc) is 2.98. The molecule has 1 N–H and O–H groups in total. The van der Waals surface area contributed by atoms with E-state index in [4.69, 9.17) is 4.74 Å². The minimum absolute atomic E-state index is 0.0215. The number of hydrogen-bond donors (Lipinski definition) is 1. The Balaban J connectivity index is 2.00. The molecule has 0 spiro atoms. The number of halogens is 2. The third-order valence-corrected chi connectivity index (χ3v) is 3.65. The van der Waals surface area contributed by atoms with Crippen LogP contribution < -0.4 is 10.1 Å². The third kappa shape index (κ3) is 2.92. The summed E-state index contributed by atoms with van der Waals surface area (Å²) >= 11 is 0. The number of benzene rings is 1. The topological polar surface area (TPSA) is 38.3 Å². The van der Waals surface area contributed by atoms with Gasteiger partial charge in [-0.2, -0.15) is 0 Å². The Morgan fingerprint density at radius 2 is 2.20 bits per heavy atom. The zero-order chi connectivity index (χ0) is 14.8. The van der Waals surface area contributed by atoms with Crippen molar-refractivity contribution in [3.63, 3.8) is 0 Å². The van der Waals surface area contributed by atoms with Gasteiger partial charge in [0.2, 0.25) is 5.91 Å². The lowest BCUT2D eigenvalue weighted by molar-refractivity contribution is -0.121. The van der Waals surface area contributed by atoms with Gasteiger partial charge in [-0.25, -0.2) is 8.78 Å². The number of carbonyl (C=O) groups excluding carboxylic acids is 1. The Bertz CT molecular complexity index is 491. The lowest BCUT2D eigenvalue weighted by Crippen LogP contribution is -2.26. The minimum Gasteiger partial charge on any atom is -0.497 e. The first-order valence-corrected chi connectivity index (χ1v) is 6.79. The molecule has 2 atom stereocenters. The second-order valence-corrected chi connectivity index (χ2v) is 5.09. The highest BCUT2D eigenvalue weighted by Gasteiger charge is 2.68. The van der Waals surface area contributed by atoms with E-state index in [0.29, 0.717) is 24.2 Å². The fourth-order valence-corrected chi connectivity index (χ4v) is 2.47. The molecule has 3 nitrogen and oxygen atoms in total. The van der Waals surface area contributed by atoms with E-state index in [1.807, 2.05) is 6.92 Å². The molecule has 1 aromatic carbocycles. The first kappa shape index (κ1) is 14.8. The van der Waals surface area contributed by atoms with Gasteiger partial charge in [-0.05, 0) is 24.1 Å². The highest BCUT2D eigenvalue weighted by molar-refractivity contribution is 5.75. The number of rotatable bonds is 6. The van der Waals surface area contributed by atoms with Crippen molar-refractivity contribution < 1.29 is 18.3 Å². The van der Waals surface area contributed by atoms with Gasteiger partial charge in [0.15, 0.2) is 0 Å². The van der Waals surface area contributed by atoms with Gasteiger partial charge in [0.05, 0.1) is 18.9 Å². The summed E-state index contributed by atoms with van der Waals surface area (Å²) in [6.45, 7) is 1.90. The molecule has 1 aliphatic rings. The fraction of sp³-hybridized carbons (Fsp3) is 0.533.